The van der Waals surface area contributed by atoms with Crippen LogP contribution >= 0.6 is 0 Å². The molecule has 0 bridgehead atoms. The van der Waals surface area contributed by atoms with Crippen molar-refractivity contribution in [2.45, 2.75) is 13.8 Å². The first-order valence-electron chi connectivity index (χ1n) is 6.03. The number of hydrogen-bond donors (Lipinski definition) is 0. The van der Waals surface area contributed by atoms with Crippen molar-refractivity contribution in [1.82, 2.24) is 0 Å². The van der Waals surface area contributed by atoms with Crippen LogP contribution < -0.4 is 0 Å². The van der Waals surface area contributed by atoms with Gasteiger partial charge in [0.05, 0.1) is 29.1 Å². The molecule has 0 radical (unpaired) electrons. The topological polar surface area (TPSA) is 93.2 Å². The molecule has 0 aliphatic rings. The smallest absolute Gasteiger partial charge is 0.313 e. The van der Waals surface area contributed by atoms with Crippen LogP contribution in [0, 0.1) is 27.4 Å². The van der Waals surface area contributed by atoms with Crippen molar-refractivity contribution in [1.29, 1.82) is 5.26 Å². The molecule has 0 N–H and O–H groups in total. The minimum absolute atomic E-state index is 0.115. The van der Waals surface area contributed by atoms with E-state index >= 15 is 0 Å². The largest absolute Gasteiger partial charge is 0.466 e. The molecule has 1 rings (SSSR count). The fourth-order valence-electron chi connectivity index (χ4n) is 1.59. The number of benzene rings is 1. The number of rotatable bonds is 5. The molecule has 0 amide bonds. The van der Waals surface area contributed by atoms with E-state index in [0.717, 1.165) is 0 Å². The summed E-state index contributed by atoms with van der Waals surface area (Å²) in [7, 11) is 0. The van der Waals surface area contributed by atoms with E-state index in [0.29, 0.717) is 0 Å². The van der Waals surface area contributed by atoms with Gasteiger partial charge in [-0.25, -0.2) is 0 Å². The second kappa shape index (κ2) is 7.04. The highest BCUT2D eigenvalue weighted by atomic mass is 16.6. The molecular weight excluding hydrogens is 260 g/mol. The zero-order valence-corrected chi connectivity index (χ0v) is 11.2. The molecule has 0 aromatic heterocycles. The van der Waals surface area contributed by atoms with Crippen molar-refractivity contribution < 1.29 is 14.5 Å². The van der Waals surface area contributed by atoms with Gasteiger partial charge in [-0.2, -0.15) is 5.26 Å². The fraction of sp³-hybridized carbons (Fsp3) is 0.286. The van der Waals surface area contributed by atoms with Crippen LogP contribution in [0.2, 0.25) is 0 Å². The van der Waals surface area contributed by atoms with Gasteiger partial charge >= 0.3 is 5.97 Å². The third kappa shape index (κ3) is 3.65. The molecule has 0 saturated heterocycles. The lowest BCUT2D eigenvalue weighted by Crippen LogP contribution is -2.16. The van der Waals surface area contributed by atoms with Crippen LogP contribution in [0.25, 0.3) is 6.08 Å². The zero-order valence-electron chi connectivity index (χ0n) is 11.2. The van der Waals surface area contributed by atoms with Gasteiger partial charge in [0, 0.05) is 11.6 Å². The van der Waals surface area contributed by atoms with Gasteiger partial charge in [0.2, 0.25) is 0 Å². The minimum Gasteiger partial charge on any atom is -0.466 e. The highest BCUT2D eigenvalue weighted by molar-refractivity contribution is 5.80. The van der Waals surface area contributed by atoms with E-state index < -0.39 is 16.8 Å². The number of nitro benzene ring substituents is 1. The summed E-state index contributed by atoms with van der Waals surface area (Å²) in [5, 5.41) is 20.0. The summed E-state index contributed by atoms with van der Waals surface area (Å²) in [6.07, 6.45) is 1.35. The van der Waals surface area contributed by atoms with Crippen LogP contribution in [0.15, 0.2) is 29.8 Å². The summed E-state index contributed by atoms with van der Waals surface area (Å²) in [6, 6.07) is 7.92. The van der Waals surface area contributed by atoms with Gasteiger partial charge in [-0.1, -0.05) is 12.1 Å². The molecule has 1 aromatic rings. The van der Waals surface area contributed by atoms with Crippen molar-refractivity contribution in [2.75, 3.05) is 6.61 Å². The monoisotopic (exact) mass is 274 g/mol. The Morgan fingerprint density at radius 2 is 2.20 bits per heavy atom. The van der Waals surface area contributed by atoms with Gasteiger partial charge in [-0.15, -0.1) is 0 Å². The molecule has 0 spiro atoms. The maximum Gasteiger partial charge on any atom is 0.313 e. The first-order valence-corrected chi connectivity index (χ1v) is 6.03. The predicted octanol–water partition coefficient (Wildman–Crippen LogP) is 2.70. The molecule has 0 heterocycles. The first-order chi connectivity index (χ1) is 9.51. The molecule has 0 fully saturated rings. The molecule has 0 saturated carbocycles. The number of carbonyl (C=O) groups is 1. The molecule has 1 unspecified atom stereocenters. The summed E-state index contributed by atoms with van der Waals surface area (Å²) < 4.78 is 4.84. The Bertz CT molecular complexity index is 587. The van der Waals surface area contributed by atoms with E-state index in [1.54, 1.807) is 13.0 Å². The molecule has 0 aliphatic heterocycles. The van der Waals surface area contributed by atoms with Gasteiger partial charge in [-0.05, 0) is 26.0 Å². The van der Waals surface area contributed by atoms with Crippen LogP contribution in [-0.4, -0.2) is 17.5 Å². The minimum atomic E-state index is -0.764. The summed E-state index contributed by atoms with van der Waals surface area (Å²) in [5.41, 5.74) is 0.291. The van der Waals surface area contributed by atoms with E-state index in [2.05, 4.69) is 0 Å². The number of nitriles is 1. The predicted molar refractivity (Wildman–Crippen MR) is 72.5 cm³/mol. The summed E-state index contributed by atoms with van der Waals surface area (Å²) in [6.45, 7) is 3.41. The molecule has 0 aliphatic carbocycles. The summed E-state index contributed by atoms with van der Waals surface area (Å²) >= 11 is 0. The number of esters is 1. The lowest BCUT2D eigenvalue weighted by atomic mass is 9.99. The highest BCUT2D eigenvalue weighted by Gasteiger charge is 2.20. The lowest BCUT2D eigenvalue weighted by Gasteiger charge is -2.09. The Hall–Kier alpha value is -2.68. The van der Waals surface area contributed by atoms with E-state index in [-0.39, 0.29) is 23.4 Å². The quantitative estimate of drug-likeness (QED) is 0.356. The number of carbonyl (C=O) groups excluding carboxylic acids is 1. The molecule has 20 heavy (non-hydrogen) atoms. The maximum absolute atomic E-state index is 11.6. The van der Waals surface area contributed by atoms with E-state index in [1.165, 1.54) is 31.2 Å². The second-order valence-corrected chi connectivity index (χ2v) is 4.00. The fourth-order valence-corrected chi connectivity index (χ4v) is 1.59. The number of nitro groups is 1. The molecule has 1 atom stereocenters. The van der Waals surface area contributed by atoms with Crippen molar-refractivity contribution >= 4 is 17.7 Å². The number of hydrogen-bond acceptors (Lipinski definition) is 5. The maximum atomic E-state index is 11.6. The van der Waals surface area contributed by atoms with Crippen molar-refractivity contribution in [3.05, 3.63) is 45.5 Å². The molecule has 104 valence electrons. The van der Waals surface area contributed by atoms with Crippen molar-refractivity contribution in [2.24, 2.45) is 5.92 Å². The number of nitrogens with zero attached hydrogens (tertiary/aromatic N) is 2. The van der Waals surface area contributed by atoms with E-state index in [9.17, 15) is 14.9 Å². The Morgan fingerprint density at radius 3 is 2.75 bits per heavy atom. The highest BCUT2D eigenvalue weighted by Crippen LogP contribution is 2.23. The SMILES string of the molecule is CCOC(=O)C(C)/C(C#N)=C\c1ccccc1[N+](=O)[O-]. The Morgan fingerprint density at radius 1 is 1.55 bits per heavy atom. The summed E-state index contributed by atoms with van der Waals surface area (Å²) in [4.78, 5) is 22.0. The Labute approximate surface area is 116 Å². The first kappa shape index (κ1) is 15.4. The summed E-state index contributed by atoms with van der Waals surface area (Å²) in [5.74, 6) is -1.29. The van der Waals surface area contributed by atoms with Gasteiger partial charge in [-0.3, -0.25) is 14.9 Å². The second-order valence-electron chi connectivity index (χ2n) is 4.00. The molecule has 6 heteroatoms. The molecular formula is C14H14N2O4. The third-order valence-electron chi connectivity index (χ3n) is 2.68. The van der Waals surface area contributed by atoms with Crippen LogP contribution in [0.3, 0.4) is 0 Å². The van der Waals surface area contributed by atoms with Crippen molar-refractivity contribution in [3.63, 3.8) is 0 Å². The number of para-hydroxylation sites is 1. The Balaban J connectivity index is 3.16. The third-order valence-corrected chi connectivity index (χ3v) is 2.68. The van der Waals surface area contributed by atoms with Gasteiger partial charge in [0.25, 0.3) is 5.69 Å². The number of ether oxygens (including phenoxy) is 1. The Kier molecular flexibility index (Phi) is 5.42. The van der Waals surface area contributed by atoms with Crippen LogP contribution in [0.5, 0.6) is 0 Å². The van der Waals surface area contributed by atoms with Gasteiger partial charge < -0.3 is 4.74 Å². The molecule has 1 aromatic carbocycles. The van der Waals surface area contributed by atoms with Crippen LogP contribution in [0.1, 0.15) is 19.4 Å². The normalized spacial score (nSPS) is 12.3. The molecule has 6 nitrogen and oxygen atoms in total. The van der Waals surface area contributed by atoms with Crippen molar-refractivity contribution in [3.8, 4) is 6.07 Å². The lowest BCUT2D eigenvalue weighted by molar-refractivity contribution is -0.385. The van der Waals surface area contributed by atoms with Crippen LogP contribution in [0.4, 0.5) is 5.69 Å². The van der Waals surface area contributed by atoms with Gasteiger partial charge in [0.15, 0.2) is 0 Å². The zero-order chi connectivity index (χ0) is 15.1. The average molecular weight is 274 g/mol. The standard InChI is InChI=1S/C14H14N2O4/c1-3-20-14(17)10(2)12(9-15)8-11-6-4-5-7-13(11)16(18)19/h4-8,10H,3H2,1-2H3/b12-8-. The van der Waals surface area contributed by atoms with Gasteiger partial charge in [0.1, 0.15) is 0 Å². The average Bonchev–Trinajstić information content (AvgIpc) is 2.44. The van der Waals surface area contributed by atoms with Crippen LogP contribution in [-0.2, 0) is 9.53 Å². The van der Waals surface area contributed by atoms with E-state index in [1.807, 2.05) is 6.07 Å². The van der Waals surface area contributed by atoms with E-state index in [4.69, 9.17) is 10.00 Å².